The van der Waals surface area contributed by atoms with Gasteiger partial charge in [0.2, 0.25) is 5.89 Å². The number of nitrogens with one attached hydrogen (secondary N) is 2. The van der Waals surface area contributed by atoms with Gasteiger partial charge in [0.25, 0.3) is 0 Å². The van der Waals surface area contributed by atoms with E-state index >= 15 is 0 Å². The fourth-order valence-electron chi connectivity index (χ4n) is 4.12. The normalized spacial score (nSPS) is 16.0. The molecule has 0 atom stereocenters. The maximum absolute atomic E-state index is 5.65. The van der Waals surface area contributed by atoms with Crippen molar-refractivity contribution in [3.05, 3.63) is 41.8 Å². The van der Waals surface area contributed by atoms with Crippen molar-refractivity contribution >= 4 is 5.96 Å². The summed E-state index contributed by atoms with van der Waals surface area (Å²) in [6.45, 7) is 7.47. The Morgan fingerprint density at radius 3 is 2.67 bits per heavy atom. The Morgan fingerprint density at radius 1 is 1.20 bits per heavy atom. The topological polar surface area (TPSA) is 71.7 Å². The van der Waals surface area contributed by atoms with E-state index in [1.165, 1.54) is 31.2 Å². The maximum atomic E-state index is 5.65. The molecule has 2 aromatic rings. The van der Waals surface area contributed by atoms with Gasteiger partial charge in [0.1, 0.15) is 6.26 Å². The molecule has 1 aliphatic carbocycles. The van der Waals surface area contributed by atoms with E-state index in [0.29, 0.717) is 11.3 Å². The van der Waals surface area contributed by atoms with Crippen molar-refractivity contribution in [3.63, 3.8) is 0 Å². The van der Waals surface area contributed by atoms with Gasteiger partial charge in [-0.25, -0.2) is 4.98 Å². The van der Waals surface area contributed by atoms with E-state index in [1.54, 1.807) is 6.26 Å². The molecule has 1 fully saturated rings. The van der Waals surface area contributed by atoms with E-state index in [9.17, 15) is 0 Å². The van der Waals surface area contributed by atoms with Gasteiger partial charge in [-0.2, -0.15) is 0 Å². The largest absolute Gasteiger partial charge is 0.444 e. The summed E-state index contributed by atoms with van der Waals surface area (Å²) in [6, 6.07) is 8.22. The van der Waals surface area contributed by atoms with Crippen LogP contribution in [0.4, 0.5) is 0 Å². The number of guanidine groups is 1. The molecule has 2 N–H and O–H groups in total. The number of aromatic nitrogens is 1. The van der Waals surface area contributed by atoms with Crippen LogP contribution in [0, 0.1) is 12.3 Å². The van der Waals surface area contributed by atoms with Crippen LogP contribution < -0.4 is 10.6 Å². The monoisotopic (exact) mass is 412 g/mol. The number of aliphatic imine (C=N–C) groups is 1. The number of nitrogens with zero attached hydrogens (tertiary/aromatic N) is 2. The summed E-state index contributed by atoms with van der Waals surface area (Å²) in [5.41, 5.74) is 3.51. The van der Waals surface area contributed by atoms with Crippen LogP contribution >= 0.6 is 0 Å². The fraction of sp³-hybridized carbons (Fsp3) is 0.583. The van der Waals surface area contributed by atoms with Crippen molar-refractivity contribution in [2.45, 2.75) is 52.4 Å². The van der Waals surface area contributed by atoms with Crippen LogP contribution in [-0.4, -0.2) is 44.3 Å². The van der Waals surface area contributed by atoms with Crippen molar-refractivity contribution in [3.8, 4) is 11.5 Å². The first-order valence-corrected chi connectivity index (χ1v) is 11.2. The van der Waals surface area contributed by atoms with Gasteiger partial charge in [0.05, 0.1) is 5.69 Å². The highest BCUT2D eigenvalue weighted by Crippen LogP contribution is 2.40. The first-order valence-electron chi connectivity index (χ1n) is 11.2. The van der Waals surface area contributed by atoms with Crippen LogP contribution in [0.25, 0.3) is 11.5 Å². The second-order valence-corrected chi connectivity index (χ2v) is 8.27. The van der Waals surface area contributed by atoms with E-state index < -0.39 is 0 Å². The lowest BCUT2D eigenvalue weighted by molar-refractivity contribution is 0.105. The minimum absolute atomic E-state index is 0.335. The van der Waals surface area contributed by atoms with Crippen LogP contribution in [0.3, 0.4) is 0 Å². The molecule has 0 aliphatic heterocycles. The Hall–Kier alpha value is -2.34. The molecule has 0 amide bonds. The SMILES string of the molecule is CCOCCC1(CNC(=NC)NCCc2coc(-c3ccc(C)cc3)n2)CCCC1. The van der Waals surface area contributed by atoms with E-state index in [1.807, 2.05) is 19.2 Å². The summed E-state index contributed by atoms with van der Waals surface area (Å²) in [4.78, 5) is 9.00. The van der Waals surface area contributed by atoms with Gasteiger partial charge in [-0.15, -0.1) is 0 Å². The second-order valence-electron chi connectivity index (χ2n) is 8.27. The number of hydrogen-bond donors (Lipinski definition) is 2. The van der Waals surface area contributed by atoms with Crippen molar-refractivity contribution in [2.24, 2.45) is 10.4 Å². The third kappa shape index (κ3) is 6.33. The van der Waals surface area contributed by atoms with Crippen LogP contribution in [0.2, 0.25) is 0 Å². The lowest BCUT2D eigenvalue weighted by Crippen LogP contribution is -2.44. The smallest absolute Gasteiger partial charge is 0.226 e. The van der Waals surface area contributed by atoms with Crippen LogP contribution in [0.5, 0.6) is 0 Å². The lowest BCUT2D eigenvalue weighted by Gasteiger charge is -2.30. The predicted molar refractivity (Wildman–Crippen MR) is 122 cm³/mol. The summed E-state index contributed by atoms with van der Waals surface area (Å²) < 4.78 is 11.3. The zero-order chi connectivity index (χ0) is 21.2. The molecule has 0 unspecified atom stereocenters. The molecule has 1 aromatic carbocycles. The Balaban J connectivity index is 1.45. The molecule has 1 saturated carbocycles. The summed E-state index contributed by atoms with van der Waals surface area (Å²) in [7, 11) is 1.82. The van der Waals surface area contributed by atoms with Crippen LogP contribution in [-0.2, 0) is 11.2 Å². The minimum Gasteiger partial charge on any atom is -0.444 e. The van der Waals surface area contributed by atoms with Gasteiger partial charge in [0.15, 0.2) is 5.96 Å². The highest BCUT2D eigenvalue weighted by molar-refractivity contribution is 5.79. The highest BCUT2D eigenvalue weighted by atomic mass is 16.5. The van der Waals surface area contributed by atoms with Crippen LogP contribution in [0.15, 0.2) is 39.9 Å². The minimum atomic E-state index is 0.335. The predicted octanol–water partition coefficient (Wildman–Crippen LogP) is 4.34. The van der Waals surface area contributed by atoms with Gasteiger partial charge in [-0.05, 0) is 50.7 Å². The molecule has 0 bridgehead atoms. The van der Waals surface area contributed by atoms with E-state index in [-0.39, 0.29) is 0 Å². The molecule has 1 heterocycles. The van der Waals surface area contributed by atoms with E-state index in [4.69, 9.17) is 9.15 Å². The molecule has 0 radical (unpaired) electrons. The molecule has 164 valence electrons. The van der Waals surface area contributed by atoms with Crippen LogP contribution in [0.1, 0.15) is 50.3 Å². The molecule has 1 aromatic heterocycles. The number of hydrogen-bond acceptors (Lipinski definition) is 4. The molecule has 6 nitrogen and oxygen atoms in total. The molecule has 6 heteroatoms. The second kappa shape index (κ2) is 11.2. The highest BCUT2D eigenvalue weighted by Gasteiger charge is 2.33. The number of ether oxygens (including phenoxy) is 1. The molecule has 30 heavy (non-hydrogen) atoms. The Kier molecular flexibility index (Phi) is 8.31. The summed E-state index contributed by atoms with van der Waals surface area (Å²) in [5.74, 6) is 1.52. The molecular formula is C24H36N4O2. The first kappa shape index (κ1) is 22.3. The Bertz CT molecular complexity index is 792. The summed E-state index contributed by atoms with van der Waals surface area (Å²) in [6.07, 6.45) is 8.81. The van der Waals surface area contributed by atoms with Gasteiger partial charge in [0, 0.05) is 45.3 Å². The average molecular weight is 413 g/mol. The van der Waals surface area contributed by atoms with Gasteiger partial charge in [-0.3, -0.25) is 4.99 Å². The Morgan fingerprint density at radius 2 is 1.97 bits per heavy atom. The lowest BCUT2D eigenvalue weighted by atomic mass is 9.83. The zero-order valence-electron chi connectivity index (χ0n) is 18.7. The number of benzene rings is 1. The van der Waals surface area contributed by atoms with Gasteiger partial charge in [-0.1, -0.05) is 30.5 Å². The third-order valence-corrected chi connectivity index (χ3v) is 6.02. The van der Waals surface area contributed by atoms with Crippen molar-refractivity contribution in [2.75, 3.05) is 33.4 Å². The molecule has 0 saturated heterocycles. The van der Waals surface area contributed by atoms with E-state index in [2.05, 4.69) is 46.6 Å². The number of oxazole rings is 1. The van der Waals surface area contributed by atoms with Crippen molar-refractivity contribution < 1.29 is 9.15 Å². The summed E-state index contributed by atoms with van der Waals surface area (Å²) >= 11 is 0. The first-order chi connectivity index (χ1) is 14.6. The van der Waals surface area contributed by atoms with E-state index in [0.717, 1.165) is 56.4 Å². The average Bonchev–Trinajstić information content (AvgIpc) is 3.42. The van der Waals surface area contributed by atoms with Gasteiger partial charge >= 0.3 is 0 Å². The maximum Gasteiger partial charge on any atom is 0.226 e. The number of rotatable bonds is 10. The summed E-state index contributed by atoms with van der Waals surface area (Å²) in [5, 5.41) is 6.95. The fourth-order valence-corrected chi connectivity index (χ4v) is 4.12. The molecule has 0 spiro atoms. The molecular weight excluding hydrogens is 376 g/mol. The quantitative estimate of drug-likeness (QED) is 0.345. The van der Waals surface area contributed by atoms with Crippen molar-refractivity contribution in [1.82, 2.24) is 15.6 Å². The molecule has 1 aliphatic rings. The number of aryl methyl sites for hydroxylation is 1. The van der Waals surface area contributed by atoms with Gasteiger partial charge < -0.3 is 19.8 Å². The van der Waals surface area contributed by atoms with Crippen molar-refractivity contribution in [1.29, 1.82) is 0 Å². The third-order valence-electron chi connectivity index (χ3n) is 6.02. The zero-order valence-corrected chi connectivity index (χ0v) is 18.7. The molecule has 3 rings (SSSR count). The Labute approximate surface area is 180 Å². The standard InChI is InChI=1S/C24H36N4O2/c1-4-29-16-14-24(12-5-6-13-24)18-27-23(25-3)26-15-11-21-17-30-22(28-21)20-9-7-19(2)8-10-20/h7-10,17H,4-6,11-16,18H2,1-3H3,(H2,25,26,27).